The molecule has 0 fully saturated rings. The lowest BCUT2D eigenvalue weighted by Gasteiger charge is -2.25. The smallest absolute Gasteiger partial charge is 0.387 e. The number of amides is 1. The number of rotatable bonds is 31. The summed E-state index contributed by atoms with van der Waals surface area (Å²) in [6.45, 7) is 4.70. The highest BCUT2D eigenvalue weighted by Crippen LogP contribution is 2.43. The summed E-state index contributed by atoms with van der Waals surface area (Å²) in [7, 11) is 1.54. The van der Waals surface area contributed by atoms with Crippen molar-refractivity contribution in [2.45, 2.75) is 148 Å². The number of allylic oxidation sites excluding steroid dienone is 5. The zero-order valence-electron chi connectivity index (χ0n) is 29.6. The lowest BCUT2D eigenvalue weighted by atomic mass is 10.1. The maximum atomic E-state index is 12.7. The van der Waals surface area contributed by atoms with Crippen LogP contribution in [0.1, 0.15) is 136 Å². The number of aliphatic hydroxyl groups is 1. The summed E-state index contributed by atoms with van der Waals surface area (Å²) in [5.41, 5.74) is 0. The van der Waals surface area contributed by atoms with E-state index in [2.05, 4.69) is 43.5 Å². The monoisotopic (exact) mass is 657 g/mol. The van der Waals surface area contributed by atoms with Crippen LogP contribution in [-0.2, 0) is 18.4 Å². The van der Waals surface area contributed by atoms with E-state index in [4.69, 9.17) is 9.05 Å². The van der Waals surface area contributed by atoms with Gasteiger partial charge in [0.15, 0.2) is 0 Å². The number of hydrogen-bond acceptors (Lipinski definition) is 5. The highest BCUT2D eigenvalue weighted by Gasteiger charge is 2.27. The van der Waals surface area contributed by atoms with E-state index in [1.807, 2.05) is 27.2 Å². The van der Waals surface area contributed by atoms with Crippen molar-refractivity contribution in [2.75, 3.05) is 40.9 Å². The third kappa shape index (κ3) is 31.1. The number of nitrogens with one attached hydrogen (secondary N) is 1. The number of nitrogens with zero attached hydrogens (tertiary/aromatic N) is 1. The predicted molar refractivity (Wildman–Crippen MR) is 189 cm³/mol. The lowest BCUT2D eigenvalue weighted by molar-refractivity contribution is -0.870. The Morgan fingerprint density at radius 1 is 0.733 bits per heavy atom. The Kier molecular flexibility index (Phi) is 28.1. The predicted octanol–water partition coefficient (Wildman–Crippen LogP) is 8.79. The van der Waals surface area contributed by atoms with Gasteiger partial charge in [-0.25, -0.2) is 4.57 Å². The highest BCUT2D eigenvalue weighted by molar-refractivity contribution is 7.47. The van der Waals surface area contributed by atoms with Crippen LogP contribution in [0.4, 0.5) is 0 Å². The normalized spacial score (nSPS) is 15.3. The summed E-state index contributed by atoms with van der Waals surface area (Å²) in [6.07, 6.45) is 32.2. The first-order chi connectivity index (χ1) is 21.5. The Morgan fingerprint density at radius 2 is 1.22 bits per heavy atom. The molecule has 0 aliphatic rings. The number of unbranched alkanes of at least 4 members (excludes halogenated alkanes) is 14. The molecule has 0 bridgehead atoms. The van der Waals surface area contributed by atoms with Crippen molar-refractivity contribution >= 4 is 13.7 Å². The van der Waals surface area contributed by atoms with E-state index in [9.17, 15) is 19.4 Å². The third-order valence-corrected chi connectivity index (χ3v) is 8.57. The van der Waals surface area contributed by atoms with Crippen molar-refractivity contribution in [3.63, 3.8) is 0 Å². The van der Waals surface area contributed by atoms with Crippen molar-refractivity contribution in [1.29, 1.82) is 0 Å². The molecule has 3 N–H and O–H groups in total. The van der Waals surface area contributed by atoms with Crippen molar-refractivity contribution < 1.29 is 32.9 Å². The maximum absolute atomic E-state index is 12.7. The van der Waals surface area contributed by atoms with Gasteiger partial charge in [0, 0.05) is 6.42 Å². The van der Waals surface area contributed by atoms with Crippen LogP contribution < -0.4 is 5.32 Å². The van der Waals surface area contributed by atoms with Gasteiger partial charge < -0.3 is 19.8 Å². The molecule has 0 rings (SSSR count). The van der Waals surface area contributed by atoms with Gasteiger partial charge in [0.25, 0.3) is 0 Å². The summed E-state index contributed by atoms with van der Waals surface area (Å²) >= 11 is 0. The Bertz CT molecular complexity index is 840. The zero-order chi connectivity index (χ0) is 33.7. The second kappa shape index (κ2) is 28.9. The molecule has 3 unspecified atom stereocenters. The molecule has 0 aliphatic heterocycles. The van der Waals surface area contributed by atoms with E-state index < -0.39 is 20.0 Å². The molecule has 0 aromatic rings. The number of aliphatic hydroxyl groups excluding tert-OH is 1. The molecule has 45 heavy (non-hydrogen) atoms. The van der Waals surface area contributed by atoms with E-state index in [0.717, 1.165) is 44.9 Å². The fraction of sp³-hybridized carbons (Fsp3) is 0.806. The minimum Gasteiger partial charge on any atom is -0.387 e. The molecule has 0 heterocycles. The van der Waals surface area contributed by atoms with Gasteiger partial charge in [0.05, 0.1) is 39.9 Å². The van der Waals surface area contributed by atoms with Gasteiger partial charge in [-0.15, -0.1) is 0 Å². The molecule has 0 aromatic carbocycles. The summed E-state index contributed by atoms with van der Waals surface area (Å²) < 4.78 is 23.3. The van der Waals surface area contributed by atoms with Gasteiger partial charge in [-0.05, 0) is 44.9 Å². The van der Waals surface area contributed by atoms with E-state index in [1.54, 1.807) is 6.08 Å². The Hall–Kier alpha value is -1.28. The highest BCUT2D eigenvalue weighted by atomic mass is 31.2. The van der Waals surface area contributed by atoms with Crippen molar-refractivity contribution in [1.82, 2.24) is 5.32 Å². The van der Waals surface area contributed by atoms with E-state index in [-0.39, 0.29) is 19.1 Å². The molecule has 8 nitrogen and oxygen atoms in total. The van der Waals surface area contributed by atoms with E-state index >= 15 is 0 Å². The first kappa shape index (κ1) is 43.7. The number of phosphoric ester groups is 1. The molecule has 0 saturated heterocycles. The number of quaternary nitrogens is 1. The third-order valence-electron chi connectivity index (χ3n) is 7.59. The molecule has 0 spiro atoms. The Balaban J connectivity index is 4.66. The molecule has 0 saturated carbocycles. The van der Waals surface area contributed by atoms with Crippen molar-refractivity contribution in [3.05, 3.63) is 36.5 Å². The summed E-state index contributed by atoms with van der Waals surface area (Å²) in [4.78, 5) is 22.8. The minimum absolute atomic E-state index is 0.0537. The Morgan fingerprint density at radius 3 is 1.78 bits per heavy atom. The summed E-state index contributed by atoms with van der Waals surface area (Å²) in [5, 5.41) is 13.6. The molecular weight excluding hydrogens is 587 g/mol. The van der Waals surface area contributed by atoms with Crippen LogP contribution in [0.5, 0.6) is 0 Å². The number of hydrogen-bond donors (Lipinski definition) is 3. The Labute approximate surface area is 276 Å². The van der Waals surface area contributed by atoms with E-state index in [0.29, 0.717) is 17.4 Å². The van der Waals surface area contributed by atoms with Crippen molar-refractivity contribution in [2.24, 2.45) is 0 Å². The first-order valence-corrected chi connectivity index (χ1v) is 19.4. The quantitative estimate of drug-likeness (QED) is 0.0298. The van der Waals surface area contributed by atoms with Gasteiger partial charge in [0.2, 0.25) is 5.91 Å². The van der Waals surface area contributed by atoms with Crippen LogP contribution >= 0.6 is 7.82 Å². The van der Waals surface area contributed by atoms with Crippen molar-refractivity contribution in [3.8, 4) is 0 Å². The maximum Gasteiger partial charge on any atom is 0.472 e. The van der Waals surface area contributed by atoms with Gasteiger partial charge >= 0.3 is 7.82 Å². The number of carbonyl (C=O) groups is 1. The molecular formula is C36H70N2O6P+. The second-order valence-electron chi connectivity index (χ2n) is 13.2. The molecule has 0 radical (unpaired) electrons. The molecule has 0 aliphatic carbocycles. The molecule has 3 atom stereocenters. The van der Waals surface area contributed by atoms with Crippen LogP contribution in [0.2, 0.25) is 0 Å². The average molecular weight is 658 g/mol. The van der Waals surface area contributed by atoms with Crippen LogP contribution in [0.25, 0.3) is 0 Å². The fourth-order valence-electron chi connectivity index (χ4n) is 4.66. The van der Waals surface area contributed by atoms with Crippen LogP contribution in [-0.4, -0.2) is 73.4 Å². The van der Waals surface area contributed by atoms with Crippen LogP contribution in [0.3, 0.4) is 0 Å². The first-order valence-electron chi connectivity index (χ1n) is 17.9. The van der Waals surface area contributed by atoms with Gasteiger partial charge in [-0.3, -0.25) is 13.8 Å². The van der Waals surface area contributed by atoms with Gasteiger partial charge in [-0.2, -0.15) is 0 Å². The minimum atomic E-state index is -4.33. The van der Waals surface area contributed by atoms with Crippen LogP contribution in [0, 0.1) is 0 Å². The largest absolute Gasteiger partial charge is 0.472 e. The van der Waals surface area contributed by atoms with E-state index in [1.165, 1.54) is 70.6 Å². The SMILES string of the molecule is CCCCCCC/C=C/CC/C=C/CC/C=C/C(O)C(COP(=O)(O)OCC[N+](C)(C)C)NC(=O)CCCCCCCCCC. The second-order valence-corrected chi connectivity index (χ2v) is 14.7. The molecule has 264 valence electrons. The van der Waals surface area contributed by atoms with Crippen LogP contribution in [0.15, 0.2) is 36.5 Å². The molecule has 1 amide bonds. The topological polar surface area (TPSA) is 105 Å². The fourth-order valence-corrected chi connectivity index (χ4v) is 5.39. The lowest BCUT2D eigenvalue weighted by Crippen LogP contribution is -2.45. The standard InChI is InChI=1S/C36H69N2O6P/c1-6-8-10-12-14-16-17-18-19-20-21-22-23-25-27-29-35(39)34(33-44-45(41,42)43-32-31-38(3,4)5)37-36(40)30-28-26-24-15-13-11-9-7-2/h17-18,21-22,27,29,34-35,39H,6-16,19-20,23-26,28,30-33H2,1-5H3,(H-,37,40,41,42)/p+1/b18-17+,22-21+,29-27+. The number of phosphoric acid groups is 1. The van der Waals surface area contributed by atoms with Gasteiger partial charge in [0.1, 0.15) is 13.2 Å². The molecule has 0 aromatic heterocycles. The molecule has 9 heteroatoms. The summed E-state index contributed by atoms with van der Waals surface area (Å²) in [5.74, 6) is -0.200. The summed E-state index contributed by atoms with van der Waals surface area (Å²) in [6, 6.07) is -0.862. The number of carbonyl (C=O) groups excluding carboxylic acids is 1. The zero-order valence-corrected chi connectivity index (χ0v) is 30.5. The number of likely N-dealkylation sites (N-methyl/N-ethyl adjacent to an activating group) is 1. The van der Waals surface area contributed by atoms with Gasteiger partial charge in [-0.1, -0.05) is 121 Å². The average Bonchev–Trinajstić information content (AvgIpc) is 2.97.